The average molecular weight is 377 g/mol. The molecule has 0 aliphatic carbocycles. The number of aryl methyl sites for hydroxylation is 1. The molecule has 0 aliphatic heterocycles. The molecule has 2 aromatic carbocycles. The minimum Gasteiger partial charge on any atom is -0.308 e. The van der Waals surface area contributed by atoms with Crippen molar-refractivity contribution in [1.29, 1.82) is 0 Å². The van der Waals surface area contributed by atoms with E-state index in [-0.39, 0.29) is 6.03 Å². The lowest BCUT2D eigenvalue weighted by Gasteiger charge is -2.09. The molecule has 134 valence electrons. The van der Waals surface area contributed by atoms with Gasteiger partial charge in [0.2, 0.25) is 0 Å². The third-order valence-electron chi connectivity index (χ3n) is 4.23. The van der Waals surface area contributed by atoms with E-state index >= 15 is 0 Å². The molecule has 5 nitrogen and oxygen atoms in total. The monoisotopic (exact) mass is 376 g/mol. The van der Waals surface area contributed by atoms with Gasteiger partial charge in [0.15, 0.2) is 0 Å². The van der Waals surface area contributed by atoms with E-state index in [0.29, 0.717) is 16.4 Å². The molecule has 2 N–H and O–H groups in total. The molecule has 0 radical (unpaired) electrons. The van der Waals surface area contributed by atoms with Crippen molar-refractivity contribution in [1.82, 2.24) is 9.38 Å². The first kappa shape index (κ1) is 17.1. The molecule has 0 bridgehead atoms. The van der Waals surface area contributed by atoms with E-state index in [4.69, 9.17) is 11.6 Å². The minimum atomic E-state index is -0.324. The normalized spacial score (nSPS) is 10.7. The van der Waals surface area contributed by atoms with Gasteiger partial charge in [-0.3, -0.25) is 0 Å². The Morgan fingerprint density at radius 3 is 2.48 bits per heavy atom. The van der Waals surface area contributed by atoms with Crippen LogP contribution >= 0.6 is 11.6 Å². The zero-order valence-corrected chi connectivity index (χ0v) is 15.4. The number of nitrogens with zero attached hydrogens (tertiary/aromatic N) is 2. The van der Waals surface area contributed by atoms with Crippen LogP contribution in [-0.4, -0.2) is 15.4 Å². The van der Waals surface area contributed by atoms with Gasteiger partial charge < -0.3 is 15.0 Å². The van der Waals surface area contributed by atoms with Crippen molar-refractivity contribution in [2.45, 2.75) is 6.92 Å². The number of imidazole rings is 1. The summed E-state index contributed by atoms with van der Waals surface area (Å²) in [5, 5.41) is 6.20. The molecule has 0 saturated heterocycles. The van der Waals surface area contributed by atoms with Crippen LogP contribution in [0.2, 0.25) is 5.02 Å². The predicted molar refractivity (Wildman–Crippen MR) is 109 cm³/mol. The van der Waals surface area contributed by atoms with Crippen LogP contribution < -0.4 is 10.6 Å². The topological polar surface area (TPSA) is 58.4 Å². The van der Waals surface area contributed by atoms with Crippen molar-refractivity contribution in [2.24, 2.45) is 0 Å². The average Bonchev–Trinajstić information content (AvgIpc) is 3.09. The zero-order chi connectivity index (χ0) is 18.8. The largest absolute Gasteiger partial charge is 0.323 e. The second-order valence-electron chi connectivity index (χ2n) is 6.21. The van der Waals surface area contributed by atoms with Gasteiger partial charge in [0, 0.05) is 34.4 Å². The Morgan fingerprint density at radius 2 is 1.74 bits per heavy atom. The molecular formula is C21H17ClN4O. The van der Waals surface area contributed by atoms with Crippen molar-refractivity contribution in [3.05, 3.63) is 83.6 Å². The van der Waals surface area contributed by atoms with E-state index in [1.54, 1.807) is 6.07 Å². The molecule has 2 amide bonds. The first-order valence-electron chi connectivity index (χ1n) is 8.47. The van der Waals surface area contributed by atoms with Gasteiger partial charge in [0.1, 0.15) is 5.65 Å². The number of hydrogen-bond acceptors (Lipinski definition) is 2. The quantitative estimate of drug-likeness (QED) is 0.488. The molecule has 27 heavy (non-hydrogen) atoms. The Bertz CT molecular complexity index is 1090. The summed E-state index contributed by atoms with van der Waals surface area (Å²) >= 11 is 6.08. The number of aromatic nitrogens is 2. The molecule has 0 spiro atoms. The van der Waals surface area contributed by atoms with Crippen LogP contribution in [0.1, 0.15) is 5.56 Å². The summed E-state index contributed by atoms with van der Waals surface area (Å²) in [5.74, 6) is 0. The Hall–Kier alpha value is -3.31. The number of benzene rings is 2. The van der Waals surface area contributed by atoms with Gasteiger partial charge >= 0.3 is 6.03 Å². The fourth-order valence-electron chi connectivity index (χ4n) is 2.76. The van der Waals surface area contributed by atoms with Gasteiger partial charge in [-0.2, -0.15) is 0 Å². The molecule has 6 heteroatoms. The number of carbonyl (C=O) groups excluding carboxylic acids is 1. The number of hydrogen-bond donors (Lipinski definition) is 2. The van der Waals surface area contributed by atoms with Gasteiger partial charge in [-0.05, 0) is 48.9 Å². The number of amides is 2. The van der Waals surface area contributed by atoms with E-state index < -0.39 is 0 Å². The van der Waals surface area contributed by atoms with Crippen LogP contribution in [0.15, 0.2) is 73.1 Å². The van der Waals surface area contributed by atoms with Crippen molar-refractivity contribution < 1.29 is 4.79 Å². The van der Waals surface area contributed by atoms with Crippen molar-refractivity contribution >= 4 is 34.7 Å². The van der Waals surface area contributed by atoms with Gasteiger partial charge in [0.05, 0.1) is 5.69 Å². The fraction of sp³-hybridized carbons (Fsp3) is 0.0476. The van der Waals surface area contributed by atoms with Crippen LogP contribution in [0.25, 0.3) is 16.9 Å². The number of rotatable bonds is 3. The number of pyridine rings is 1. The SMILES string of the molecule is Cc1ccc(NC(=O)Nc2ccc(-c3cn4ccccc4n3)cc2)cc1Cl. The maximum Gasteiger partial charge on any atom is 0.323 e. The van der Waals surface area contributed by atoms with E-state index in [1.165, 1.54) is 0 Å². The van der Waals surface area contributed by atoms with E-state index in [2.05, 4.69) is 15.6 Å². The Labute approximate surface area is 161 Å². The maximum atomic E-state index is 12.2. The van der Waals surface area contributed by atoms with Crippen molar-refractivity contribution in [2.75, 3.05) is 10.6 Å². The minimum absolute atomic E-state index is 0.324. The summed E-state index contributed by atoms with van der Waals surface area (Å²) in [6.07, 6.45) is 3.94. The summed E-state index contributed by atoms with van der Waals surface area (Å²) in [7, 11) is 0. The van der Waals surface area contributed by atoms with Gasteiger partial charge in [-0.25, -0.2) is 9.78 Å². The summed E-state index contributed by atoms with van der Waals surface area (Å²) in [4.78, 5) is 16.8. The number of anilines is 2. The predicted octanol–water partition coefficient (Wildman–Crippen LogP) is 5.61. The van der Waals surface area contributed by atoms with Gasteiger partial charge in [-0.1, -0.05) is 35.9 Å². The highest BCUT2D eigenvalue weighted by Gasteiger charge is 2.07. The third kappa shape index (κ3) is 3.78. The molecule has 4 rings (SSSR count). The van der Waals surface area contributed by atoms with E-state index in [0.717, 1.165) is 22.5 Å². The molecule has 0 fully saturated rings. The smallest absolute Gasteiger partial charge is 0.308 e. The maximum absolute atomic E-state index is 12.2. The van der Waals surface area contributed by atoms with E-state index in [9.17, 15) is 4.79 Å². The lowest BCUT2D eigenvalue weighted by atomic mass is 10.1. The van der Waals surface area contributed by atoms with Crippen LogP contribution in [0.3, 0.4) is 0 Å². The second kappa shape index (κ2) is 7.13. The highest BCUT2D eigenvalue weighted by molar-refractivity contribution is 6.31. The lowest BCUT2D eigenvalue weighted by molar-refractivity contribution is 0.262. The summed E-state index contributed by atoms with van der Waals surface area (Å²) < 4.78 is 1.97. The Morgan fingerprint density at radius 1 is 1.00 bits per heavy atom. The highest BCUT2D eigenvalue weighted by Crippen LogP contribution is 2.22. The fourth-order valence-corrected chi connectivity index (χ4v) is 2.94. The van der Waals surface area contributed by atoms with E-state index in [1.807, 2.05) is 78.3 Å². The molecular weight excluding hydrogens is 360 g/mol. The third-order valence-corrected chi connectivity index (χ3v) is 4.64. The molecule has 0 aliphatic rings. The van der Waals surface area contributed by atoms with Gasteiger partial charge in [0.25, 0.3) is 0 Å². The van der Waals surface area contributed by atoms with Crippen LogP contribution in [-0.2, 0) is 0 Å². The number of halogens is 1. The standard InChI is InChI=1S/C21H17ClN4O/c1-14-5-8-17(12-18(14)22)24-21(27)23-16-9-6-15(7-10-16)19-13-26-11-3-2-4-20(26)25-19/h2-13H,1H3,(H2,23,24,27). The first-order chi connectivity index (χ1) is 13.1. The summed E-state index contributed by atoms with van der Waals surface area (Å²) in [6.45, 7) is 1.91. The van der Waals surface area contributed by atoms with Crippen molar-refractivity contribution in [3.8, 4) is 11.3 Å². The molecule has 4 aromatic rings. The summed E-state index contributed by atoms with van der Waals surface area (Å²) in [6, 6.07) is 18.5. The zero-order valence-electron chi connectivity index (χ0n) is 14.6. The van der Waals surface area contributed by atoms with Gasteiger partial charge in [-0.15, -0.1) is 0 Å². The Balaban J connectivity index is 1.45. The van der Waals surface area contributed by atoms with Crippen LogP contribution in [0, 0.1) is 6.92 Å². The first-order valence-corrected chi connectivity index (χ1v) is 8.85. The molecule has 0 atom stereocenters. The van der Waals surface area contributed by atoms with Crippen LogP contribution in [0.5, 0.6) is 0 Å². The Kier molecular flexibility index (Phi) is 4.52. The number of urea groups is 1. The summed E-state index contributed by atoms with van der Waals surface area (Å²) in [5.41, 5.74) is 5.06. The van der Waals surface area contributed by atoms with Crippen LogP contribution in [0.4, 0.5) is 16.2 Å². The molecule has 0 unspecified atom stereocenters. The number of carbonyl (C=O) groups is 1. The second-order valence-corrected chi connectivity index (χ2v) is 6.62. The molecule has 2 aromatic heterocycles. The molecule has 0 saturated carbocycles. The number of nitrogens with one attached hydrogen (secondary N) is 2. The lowest BCUT2D eigenvalue weighted by Crippen LogP contribution is -2.19. The van der Waals surface area contributed by atoms with Crippen molar-refractivity contribution in [3.63, 3.8) is 0 Å². The number of fused-ring (bicyclic) bond motifs is 1. The highest BCUT2D eigenvalue weighted by atomic mass is 35.5. The molecule has 2 heterocycles.